The van der Waals surface area contributed by atoms with E-state index in [1.165, 1.54) is 25.7 Å². The highest BCUT2D eigenvalue weighted by Gasteiger charge is 2.41. The van der Waals surface area contributed by atoms with Gasteiger partial charge in [0.2, 0.25) is 5.91 Å². The lowest BCUT2D eigenvalue weighted by Gasteiger charge is -2.42. The van der Waals surface area contributed by atoms with E-state index in [1.807, 2.05) is 0 Å². The minimum absolute atomic E-state index is 0.275. The predicted octanol–water partition coefficient (Wildman–Crippen LogP) is 3.01. The molecule has 2 fully saturated rings. The molecule has 2 aliphatic rings. The van der Waals surface area contributed by atoms with Crippen LogP contribution in [0.15, 0.2) is 0 Å². The molecule has 0 radical (unpaired) electrons. The molecule has 0 bridgehead atoms. The SMILES string of the molecule is CC(C)CC1NCC(=O)N1C1CCCCC1C(C)C. The first-order valence-electron chi connectivity index (χ1n) is 8.05. The van der Waals surface area contributed by atoms with Gasteiger partial charge in [0.05, 0.1) is 12.7 Å². The minimum atomic E-state index is 0.275. The molecule has 1 amide bonds. The molecule has 1 aliphatic heterocycles. The number of amides is 1. The van der Waals surface area contributed by atoms with Gasteiger partial charge >= 0.3 is 0 Å². The molecule has 0 spiro atoms. The van der Waals surface area contributed by atoms with Crippen LogP contribution in [0, 0.1) is 17.8 Å². The van der Waals surface area contributed by atoms with Crippen LogP contribution in [0.1, 0.15) is 59.8 Å². The summed E-state index contributed by atoms with van der Waals surface area (Å²) in [4.78, 5) is 14.5. The molecule has 1 saturated carbocycles. The van der Waals surface area contributed by atoms with Crippen molar-refractivity contribution in [3.05, 3.63) is 0 Å². The second-order valence-electron chi connectivity index (χ2n) is 7.09. The molecule has 1 saturated heterocycles. The summed E-state index contributed by atoms with van der Waals surface area (Å²) in [5, 5.41) is 3.42. The first-order valence-corrected chi connectivity index (χ1v) is 8.05. The van der Waals surface area contributed by atoms with E-state index < -0.39 is 0 Å². The summed E-state index contributed by atoms with van der Waals surface area (Å²) in [6.45, 7) is 9.65. The van der Waals surface area contributed by atoms with Crippen LogP contribution in [0.4, 0.5) is 0 Å². The maximum Gasteiger partial charge on any atom is 0.238 e. The van der Waals surface area contributed by atoms with Gasteiger partial charge in [-0.2, -0.15) is 0 Å². The van der Waals surface area contributed by atoms with E-state index >= 15 is 0 Å². The van der Waals surface area contributed by atoms with Crippen LogP contribution >= 0.6 is 0 Å². The Balaban J connectivity index is 2.13. The lowest BCUT2D eigenvalue weighted by Crippen LogP contribution is -2.50. The van der Waals surface area contributed by atoms with Crippen LogP contribution in [-0.4, -0.2) is 29.6 Å². The monoisotopic (exact) mass is 266 g/mol. The number of nitrogens with one attached hydrogen (secondary N) is 1. The topological polar surface area (TPSA) is 32.3 Å². The number of carbonyl (C=O) groups excluding carboxylic acids is 1. The Hall–Kier alpha value is -0.570. The molecule has 0 aromatic rings. The molecule has 1 aliphatic carbocycles. The van der Waals surface area contributed by atoms with Crippen molar-refractivity contribution in [2.45, 2.75) is 72.0 Å². The zero-order chi connectivity index (χ0) is 14.0. The van der Waals surface area contributed by atoms with Crippen molar-refractivity contribution in [3.8, 4) is 0 Å². The van der Waals surface area contributed by atoms with E-state index in [-0.39, 0.29) is 6.17 Å². The Morgan fingerprint density at radius 2 is 1.89 bits per heavy atom. The van der Waals surface area contributed by atoms with Gasteiger partial charge in [-0.25, -0.2) is 0 Å². The fourth-order valence-corrected chi connectivity index (χ4v) is 3.89. The Bertz CT molecular complexity index is 314. The fraction of sp³-hybridized carbons (Fsp3) is 0.938. The standard InChI is InChI=1S/C16H30N2O/c1-11(2)9-15-17-10-16(19)18(15)14-8-6-5-7-13(14)12(3)4/h11-15,17H,5-10H2,1-4H3. The molecule has 3 heteroatoms. The van der Waals surface area contributed by atoms with Crippen molar-refractivity contribution in [1.29, 1.82) is 0 Å². The third kappa shape index (κ3) is 3.31. The summed E-state index contributed by atoms with van der Waals surface area (Å²) in [5.41, 5.74) is 0. The quantitative estimate of drug-likeness (QED) is 0.848. The van der Waals surface area contributed by atoms with Gasteiger partial charge in [-0.1, -0.05) is 40.5 Å². The van der Waals surface area contributed by atoms with E-state index in [9.17, 15) is 4.79 Å². The Kier molecular flexibility index (Phi) is 4.88. The highest BCUT2D eigenvalue weighted by atomic mass is 16.2. The zero-order valence-corrected chi connectivity index (χ0v) is 13.0. The molecule has 1 heterocycles. The molecular formula is C16H30N2O. The van der Waals surface area contributed by atoms with Crippen molar-refractivity contribution in [2.24, 2.45) is 17.8 Å². The van der Waals surface area contributed by atoms with Gasteiger partial charge in [-0.05, 0) is 37.0 Å². The van der Waals surface area contributed by atoms with Crippen LogP contribution in [0.25, 0.3) is 0 Å². The van der Waals surface area contributed by atoms with E-state index in [0.717, 1.165) is 6.42 Å². The molecule has 19 heavy (non-hydrogen) atoms. The van der Waals surface area contributed by atoms with Crippen LogP contribution in [0.2, 0.25) is 0 Å². The van der Waals surface area contributed by atoms with Gasteiger partial charge in [-0.15, -0.1) is 0 Å². The zero-order valence-electron chi connectivity index (χ0n) is 13.0. The molecule has 110 valence electrons. The minimum Gasteiger partial charge on any atom is -0.323 e. The molecule has 0 aromatic carbocycles. The van der Waals surface area contributed by atoms with Crippen LogP contribution in [0.5, 0.6) is 0 Å². The Morgan fingerprint density at radius 1 is 1.21 bits per heavy atom. The molecule has 0 aromatic heterocycles. The lowest BCUT2D eigenvalue weighted by atomic mass is 9.77. The van der Waals surface area contributed by atoms with Gasteiger partial charge in [0.15, 0.2) is 0 Å². The average Bonchev–Trinajstić information content (AvgIpc) is 2.69. The normalized spacial score (nSPS) is 32.6. The first kappa shape index (κ1) is 14.8. The summed E-state index contributed by atoms with van der Waals surface area (Å²) in [6, 6.07) is 0.472. The summed E-state index contributed by atoms with van der Waals surface area (Å²) in [6.07, 6.45) is 6.46. The molecule has 2 rings (SSSR count). The van der Waals surface area contributed by atoms with Gasteiger partial charge in [0, 0.05) is 6.04 Å². The molecule has 3 atom stereocenters. The predicted molar refractivity (Wildman–Crippen MR) is 78.7 cm³/mol. The number of carbonyl (C=O) groups is 1. The summed E-state index contributed by atoms with van der Waals surface area (Å²) in [5.74, 6) is 2.32. The second-order valence-corrected chi connectivity index (χ2v) is 7.09. The highest BCUT2D eigenvalue weighted by molar-refractivity contribution is 5.81. The Morgan fingerprint density at radius 3 is 2.53 bits per heavy atom. The maximum absolute atomic E-state index is 12.3. The molecule has 1 N–H and O–H groups in total. The molecular weight excluding hydrogens is 236 g/mol. The van der Waals surface area contributed by atoms with Gasteiger partial charge < -0.3 is 4.90 Å². The lowest BCUT2D eigenvalue weighted by molar-refractivity contribution is -0.133. The van der Waals surface area contributed by atoms with E-state index in [0.29, 0.717) is 36.2 Å². The highest BCUT2D eigenvalue weighted by Crippen LogP contribution is 2.35. The van der Waals surface area contributed by atoms with E-state index in [4.69, 9.17) is 0 Å². The number of rotatable bonds is 4. The first-order chi connectivity index (χ1) is 9.00. The van der Waals surface area contributed by atoms with Crippen molar-refractivity contribution in [1.82, 2.24) is 10.2 Å². The number of nitrogens with zero attached hydrogens (tertiary/aromatic N) is 1. The number of hydrogen-bond acceptors (Lipinski definition) is 2. The maximum atomic E-state index is 12.3. The smallest absolute Gasteiger partial charge is 0.238 e. The fourth-order valence-electron chi connectivity index (χ4n) is 3.89. The molecule has 3 nitrogen and oxygen atoms in total. The van der Waals surface area contributed by atoms with Crippen molar-refractivity contribution in [3.63, 3.8) is 0 Å². The van der Waals surface area contributed by atoms with Crippen LogP contribution in [-0.2, 0) is 4.79 Å². The van der Waals surface area contributed by atoms with Gasteiger partial charge in [-0.3, -0.25) is 10.1 Å². The summed E-state index contributed by atoms with van der Waals surface area (Å²) in [7, 11) is 0. The third-order valence-corrected chi connectivity index (χ3v) is 4.80. The summed E-state index contributed by atoms with van der Waals surface area (Å²) < 4.78 is 0. The van der Waals surface area contributed by atoms with Crippen molar-refractivity contribution in [2.75, 3.05) is 6.54 Å². The van der Waals surface area contributed by atoms with Crippen LogP contribution in [0.3, 0.4) is 0 Å². The average molecular weight is 266 g/mol. The van der Waals surface area contributed by atoms with E-state index in [2.05, 4.69) is 37.9 Å². The van der Waals surface area contributed by atoms with Gasteiger partial charge in [0.25, 0.3) is 0 Å². The van der Waals surface area contributed by atoms with Crippen molar-refractivity contribution >= 4 is 5.91 Å². The van der Waals surface area contributed by atoms with Gasteiger partial charge in [0.1, 0.15) is 0 Å². The number of hydrogen-bond donors (Lipinski definition) is 1. The third-order valence-electron chi connectivity index (χ3n) is 4.80. The Labute approximate surface area is 118 Å². The summed E-state index contributed by atoms with van der Waals surface area (Å²) >= 11 is 0. The molecule has 3 unspecified atom stereocenters. The largest absolute Gasteiger partial charge is 0.323 e. The second kappa shape index (κ2) is 6.25. The van der Waals surface area contributed by atoms with E-state index in [1.54, 1.807) is 0 Å². The van der Waals surface area contributed by atoms with Crippen LogP contribution < -0.4 is 5.32 Å². The van der Waals surface area contributed by atoms with Crippen molar-refractivity contribution < 1.29 is 4.79 Å².